The maximum Gasteiger partial charge on any atom is 0.0605 e. The SMILES string of the molecule is CCN(C)C1CC(OCCN2CCN(CC(C)C)CC2)C1. The van der Waals surface area contributed by atoms with E-state index in [0.29, 0.717) is 6.10 Å². The quantitative estimate of drug-likeness (QED) is 0.679. The summed E-state index contributed by atoms with van der Waals surface area (Å²) >= 11 is 0. The van der Waals surface area contributed by atoms with E-state index >= 15 is 0 Å². The summed E-state index contributed by atoms with van der Waals surface area (Å²) in [6.07, 6.45) is 2.98. The van der Waals surface area contributed by atoms with Gasteiger partial charge in [0.25, 0.3) is 0 Å². The molecule has 1 aliphatic carbocycles. The molecule has 0 bridgehead atoms. The first-order valence-electron chi connectivity index (χ1n) is 8.85. The monoisotopic (exact) mass is 297 g/mol. The lowest BCUT2D eigenvalue weighted by Crippen LogP contribution is -2.49. The Kier molecular flexibility index (Phi) is 6.93. The van der Waals surface area contributed by atoms with Crippen molar-refractivity contribution in [1.82, 2.24) is 14.7 Å². The lowest BCUT2D eigenvalue weighted by atomic mass is 9.88. The summed E-state index contributed by atoms with van der Waals surface area (Å²) in [4.78, 5) is 7.60. The molecule has 124 valence electrons. The zero-order chi connectivity index (χ0) is 15.2. The maximum absolute atomic E-state index is 6.02. The third-order valence-electron chi connectivity index (χ3n) is 5.04. The van der Waals surface area contributed by atoms with Crippen molar-refractivity contribution >= 4 is 0 Å². The number of rotatable bonds is 8. The summed E-state index contributed by atoms with van der Waals surface area (Å²) in [6, 6.07) is 0.763. The van der Waals surface area contributed by atoms with E-state index in [1.165, 1.54) is 45.6 Å². The molecular weight excluding hydrogens is 262 g/mol. The van der Waals surface area contributed by atoms with Crippen LogP contribution in [0.5, 0.6) is 0 Å². The van der Waals surface area contributed by atoms with E-state index in [4.69, 9.17) is 4.74 Å². The molecule has 0 aromatic carbocycles. The van der Waals surface area contributed by atoms with Crippen molar-refractivity contribution in [2.75, 3.05) is 59.5 Å². The van der Waals surface area contributed by atoms with Gasteiger partial charge in [0.05, 0.1) is 12.7 Å². The Morgan fingerprint density at radius 1 is 1.10 bits per heavy atom. The predicted molar refractivity (Wildman–Crippen MR) is 88.8 cm³/mol. The molecule has 0 spiro atoms. The van der Waals surface area contributed by atoms with Crippen molar-refractivity contribution in [2.24, 2.45) is 5.92 Å². The van der Waals surface area contributed by atoms with Gasteiger partial charge in [-0.3, -0.25) is 4.90 Å². The summed E-state index contributed by atoms with van der Waals surface area (Å²) in [5.41, 5.74) is 0. The van der Waals surface area contributed by atoms with Gasteiger partial charge in [-0.1, -0.05) is 20.8 Å². The van der Waals surface area contributed by atoms with Crippen molar-refractivity contribution in [1.29, 1.82) is 0 Å². The molecule has 0 N–H and O–H groups in total. The molecule has 0 atom stereocenters. The van der Waals surface area contributed by atoms with Crippen molar-refractivity contribution in [2.45, 2.75) is 45.8 Å². The minimum absolute atomic E-state index is 0.520. The lowest BCUT2D eigenvalue weighted by molar-refractivity contribution is -0.0517. The summed E-state index contributed by atoms with van der Waals surface area (Å²) in [6.45, 7) is 16.1. The third-order valence-corrected chi connectivity index (χ3v) is 5.04. The number of nitrogens with zero attached hydrogens (tertiary/aromatic N) is 3. The average molecular weight is 297 g/mol. The van der Waals surface area contributed by atoms with Crippen LogP contribution in [0.2, 0.25) is 0 Å². The fraction of sp³-hybridized carbons (Fsp3) is 1.00. The van der Waals surface area contributed by atoms with Gasteiger partial charge < -0.3 is 14.5 Å². The Morgan fingerprint density at radius 3 is 2.29 bits per heavy atom. The number of hydrogen-bond donors (Lipinski definition) is 0. The molecule has 4 heteroatoms. The number of ether oxygens (including phenoxy) is 1. The second-order valence-corrected chi connectivity index (χ2v) is 7.23. The van der Waals surface area contributed by atoms with E-state index < -0.39 is 0 Å². The molecule has 0 amide bonds. The number of piperazine rings is 1. The Bertz CT molecular complexity index is 284. The zero-order valence-electron chi connectivity index (χ0n) is 14.6. The Hall–Kier alpha value is -0.160. The van der Waals surface area contributed by atoms with Gasteiger partial charge in [0, 0.05) is 45.3 Å². The lowest BCUT2D eigenvalue weighted by Gasteiger charge is -2.41. The summed E-state index contributed by atoms with van der Waals surface area (Å²) < 4.78 is 6.02. The van der Waals surface area contributed by atoms with Crippen LogP contribution in [0.4, 0.5) is 0 Å². The smallest absolute Gasteiger partial charge is 0.0605 e. The average Bonchev–Trinajstić information content (AvgIpc) is 2.41. The van der Waals surface area contributed by atoms with Crippen molar-refractivity contribution in [3.63, 3.8) is 0 Å². The van der Waals surface area contributed by atoms with Gasteiger partial charge in [-0.2, -0.15) is 0 Å². The first-order chi connectivity index (χ1) is 10.1. The molecule has 0 aromatic rings. The summed E-state index contributed by atoms with van der Waals surface area (Å²) in [5, 5.41) is 0. The van der Waals surface area contributed by atoms with Gasteiger partial charge in [0.15, 0.2) is 0 Å². The van der Waals surface area contributed by atoms with Crippen LogP contribution in [-0.2, 0) is 4.74 Å². The standard InChI is InChI=1S/C17H35N3O/c1-5-18(4)16-12-17(13-16)21-11-10-19-6-8-20(9-7-19)14-15(2)3/h15-17H,5-14H2,1-4H3. The Balaban J connectivity index is 1.49. The number of hydrogen-bond acceptors (Lipinski definition) is 4. The molecule has 2 rings (SSSR count). The van der Waals surface area contributed by atoms with Crippen LogP contribution < -0.4 is 0 Å². The zero-order valence-corrected chi connectivity index (χ0v) is 14.6. The van der Waals surface area contributed by atoms with Gasteiger partial charge in [0.1, 0.15) is 0 Å². The molecule has 1 heterocycles. The minimum atomic E-state index is 0.520. The van der Waals surface area contributed by atoms with Gasteiger partial charge in [-0.15, -0.1) is 0 Å². The maximum atomic E-state index is 6.02. The fourth-order valence-corrected chi connectivity index (χ4v) is 3.35. The highest BCUT2D eigenvalue weighted by atomic mass is 16.5. The van der Waals surface area contributed by atoms with Crippen molar-refractivity contribution < 1.29 is 4.74 Å². The van der Waals surface area contributed by atoms with Crippen LogP contribution in [0.1, 0.15) is 33.6 Å². The van der Waals surface area contributed by atoms with E-state index in [-0.39, 0.29) is 0 Å². The van der Waals surface area contributed by atoms with E-state index in [0.717, 1.165) is 31.7 Å². The highest BCUT2D eigenvalue weighted by Crippen LogP contribution is 2.27. The third kappa shape index (κ3) is 5.51. The van der Waals surface area contributed by atoms with Crippen LogP contribution in [0.25, 0.3) is 0 Å². The highest BCUT2D eigenvalue weighted by Gasteiger charge is 2.32. The minimum Gasteiger partial charge on any atom is -0.377 e. The van der Waals surface area contributed by atoms with E-state index in [9.17, 15) is 0 Å². The normalized spacial score (nSPS) is 28.3. The summed E-state index contributed by atoms with van der Waals surface area (Å²) in [5.74, 6) is 0.785. The molecule has 1 aliphatic heterocycles. The molecule has 4 nitrogen and oxygen atoms in total. The van der Waals surface area contributed by atoms with Crippen LogP contribution in [-0.4, -0.2) is 86.3 Å². The molecule has 0 radical (unpaired) electrons. The second kappa shape index (κ2) is 8.47. The van der Waals surface area contributed by atoms with Crippen LogP contribution in [0.15, 0.2) is 0 Å². The van der Waals surface area contributed by atoms with E-state index in [1.807, 2.05) is 0 Å². The van der Waals surface area contributed by atoms with E-state index in [2.05, 4.69) is 42.5 Å². The largest absolute Gasteiger partial charge is 0.377 e. The predicted octanol–water partition coefficient (Wildman–Crippen LogP) is 1.76. The molecule has 2 fully saturated rings. The molecule has 1 saturated carbocycles. The van der Waals surface area contributed by atoms with E-state index in [1.54, 1.807) is 0 Å². The van der Waals surface area contributed by atoms with Crippen LogP contribution in [0.3, 0.4) is 0 Å². The fourth-order valence-electron chi connectivity index (χ4n) is 3.35. The van der Waals surface area contributed by atoms with Crippen molar-refractivity contribution in [3.05, 3.63) is 0 Å². The molecular formula is C17H35N3O. The molecule has 0 aromatic heterocycles. The first-order valence-corrected chi connectivity index (χ1v) is 8.85. The van der Waals surface area contributed by atoms with Gasteiger partial charge in [0.2, 0.25) is 0 Å². The summed E-state index contributed by atoms with van der Waals surface area (Å²) in [7, 11) is 2.22. The van der Waals surface area contributed by atoms with Crippen LogP contribution >= 0.6 is 0 Å². The Morgan fingerprint density at radius 2 is 1.71 bits per heavy atom. The highest BCUT2D eigenvalue weighted by molar-refractivity contribution is 4.86. The first kappa shape index (κ1) is 17.2. The Labute approximate surface area is 131 Å². The molecule has 1 saturated heterocycles. The van der Waals surface area contributed by atoms with Crippen molar-refractivity contribution in [3.8, 4) is 0 Å². The van der Waals surface area contributed by atoms with Gasteiger partial charge >= 0.3 is 0 Å². The molecule has 21 heavy (non-hydrogen) atoms. The van der Waals surface area contributed by atoms with Crippen LogP contribution in [0, 0.1) is 5.92 Å². The van der Waals surface area contributed by atoms with Gasteiger partial charge in [-0.05, 0) is 32.4 Å². The molecule has 0 unspecified atom stereocenters. The second-order valence-electron chi connectivity index (χ2n) is 7.23. The molecule has 2 aliphatic rings. The van der Waals surface area contributed by atoms with Gasteiger partial charge in [-0.25, -0.2) is 0 Å². The topological polar surface area (TPSA) is 19.0 Å².